The second-order valence-electron chi connectivity index (χ2n) is 4.94. The molecule has 0 aromatic carbocycles. The minimum absolute atomic E-state index is 0.296. The van der Waals surface area contributed by atoms with Crippen molar-refractivity contribution in [2.24, 2.45) is 5.92 Å². The molecule has 0 aliphatic carbocycles. The summed E-state index contributed by atoms with van der Waals surface area (Å²) in [6, 6.07) is 0.612. The molecular weight excluding hydrogens is 204 g/mol. The molecule has 1 rings (SSSR count). The molecule has 2 N–H and O–H groups in total. The number of nitrogens with one attached hydrogen (secondary N) is 1. The lowest BCUT2D eigenvalue weighted by atomic mass is 9.94. The van der Waals surface area contributed by atoms with Crippen molar-refractivity contribution in [3.63, 3.8) is 0 Å². The van der Waals surface area contributed by atoms with Gasteiger partial charge in [0.1, 0.15) is 0 Å². The van der Waals surface area contributed by atoms with Crippen LogP contribution in [0.1, 0.15) is 32.6 Å². The third kappa shape index (κ3) is 4.94. The van der Waals surface area contributed by atoms with Crippen LogP contribution in [0.2, 0.25) is 0 Å². The van der Waals surface area contributed by atoms with E-state index in [-0.39, 0.29) is 0 Å². The average Bonchev–Trinajstić information content (AvgIpc) is 2.20. The number of hydrogen-bond donors (Lipinski definition) is 2. The Kier molecular flexibility index (Phi) is 5.77. The monoisotopic (exact) mass is 228 g/mol. The number of unbranched alkanes of at least 4 members (excludes halogenated alkanes) is 1. The van der Waals surface area contributed by atoms with Crippen LogP contribution in [0, 0.1) is 5.92 Å². The summed E-state index contributed by atoms with van der Waals surface area (Å²) in [6.45, 7) is 5.56. The van der Waals surface area contributed by atoms with E-state index in [1.54, 1.807) is 0 Å². The Morgan fingerprint density at radius 2 is 2.25 bits per heavy atom. The molecule has 2 atom stereocenters. The molecule has 0 bridgehead atoms. The van der Waals surface area contributed by atoms with Crippen LogP contribution < -0.4 is 5.32 Å². The lowest BCUT2D eigenvalue weighted by Crippen LogP contribution is -2.47. The van der Waals surface area contributed by atoms with Crippen molar-refractivity contribution in [2.75, 3.05) is 26.7 Å². The molecule has 1 heterocycles. The van der Waals surface area contributed by atoms with Crippen LogP contribution in [0.4, 0.5) is 0 Å². The van der Waals surface area contributed by atoms with Crippen LogP contribution in [0.15, 0.2) is 0 Å². The van der Waals surface area contributed by atoms with E-state index in [0.717, 1.165) is 32.5 Å². The molecule has 0 amide bonds. The molecule has 1 fully saturated rings. The maximum Gasteiger partial charge on any atom is 0.303 e. The standard InChI is InChI=1S/C12H24N2O2/c1-10-9-14(2)8-6-11(10)13-7-4-3-5-12(15)16/h10-11,13H,3-9H2,1-2H3,(H,15,16). The Bertz CT molecular complexity index is 221. The minimum Gasteiger partial charge on any atom is -0.481 e. The van der Waals surface area contributed by atoms with Crippen molar-refractivity contribution < 1.29 is 9.90 Å². The molecule has 0 aromatic heterocycles. The van der Waals surface area contributed by atoms with Gasteiger partial charge in [-0.1, -0.05) is 6.92 Å². The lowest BCUT2D eigenvalue weighted by molar-refractivity contribution is -0.137. The van der Waals surface area contributed by atoms with Crippen molar-refractivity contribution in [1.29, 1.82) is 0 Å². The third-order valence-corrected chi connectivity index (χ3v) is 3.33. The number of carboxylic acids is 1. The van der Waals surface area contributed by atoms with Gasteiger partial charge in [-0.2, -0.15) is 0 Å². The molecule has 0 spiro atoms. The fourth-order valence-corrected chi connectivity index (χ4v) is 2.35. The number of nitrogens with zero attached hydrogens (tertiary/aromatic N) is 1. The largest absolute Gasteiger partial charge is 0.481 e. The van der Waals surface area contributed by atoms with Crippen molar-refractivity contribution in [3.05, 3.63) is 0 Å². The topological polar surface area (TPSA) is 52.6 Å². The zero-order valence-corrected chi connectivity index (χ0v) is 10.4. The van der Waals surface area contributed by atoms with Gasteiger partial charge in [0, 0.05) is 19.0 Å². The van der Waals surface area contributed by atoms with Crippen LogP contribution >= 0.6 is 0 Å². The molecule has 1 aliphatic heterocycles. The lowest BCUT2D eigenvalue weighted by Gasteiger charge is -2.35. The van der Waals surface area contributed by atoms with Crippen LogP contribution in [0.25, 0.3) is 0 Å². The number of aliphatic carboxylic acids is 1. The van der Waals surface area contributed by atoms with Gasteiger partial charge in [0.15, 0.2) is 0 Å². The zero-order chi connectivity index (χ0) is 12.0. The molecule has 0 aromatic rings. The van der Waals surface area contributed by atoms with Crippen LogP contribution in [-0.2, 0) is 4.79 Å². The Hall–Kier alpha value is -0.610. The number of hydrogen-bond acceptors (Lipinski definition) is 3. The van der Waals surface area contributed by atoms with Gasteiger partial charge in [0.05, 0.1) is 0 Å². The number of carbonyl (C=O) groups is 1. The molecule has 16 heavy (non-hydrogen) atoms. The number of carboxylic acid groups (broad SMARTS) is 1. The number of likely N-dealkylation sites (tertiary alicyclic amines) is 1. The van der Waals surface area contributed by atoms with E-state index in [1.165, 1.54) is 6.42 Å². The maximum atomic E-state index is 10.3. The quantitative estimate of drug-likeness (QED) is 0.670. The summed E-state index contributed by atoms with van der Waals surface area (Å²) in [7, 11) is 2.17. The third-order valence-electron chi connectivity index (χ3n) is 3.33. The summed E-state index contributed by atoms with van der Waals surface area (Å²) in [5, 5.41) is 12.1. The summed E-state index contributed by atoms with van der Waals surface area (Å²) in [5.74, 6) is 0.00545. The van der Waals surface area contributed by atoms with E-state index in [2.05, 4.69) is 24.2 Å². The summed E-state index contributed by atoms with van der Waals surface area (Å²) in [6.07, 6.45) is 3.25. The Morgan fingerprint density at radius 3 is 2.88 bits per heavy atom. The van der Waals surface area contributed by atoms with Gasteiger partial charge in [-0.25, -0.2) is 0 Å². The Morgan fingerprint density at radius 1 is 1.50 bits per heavy atom. The molecule has 0 saturated carbocycles. The van der Waals surface area contributed by atoms with Gasteiger partial charge in [-0.15, -0.1) is 0 Å². The van der Waals surface area contributed by atoms with E-state index < -0.39 is 5.97 Å². The van der Waals surface area contributed by atoms with E-state index in [9.17, 15) is 4.79 Å². The van der Waals surface area contributed by atoms with Crippen LogP contribution in [0.5, 0.6) is 0 Å². The molecule has 1 saturated heterocycles. The Balaban J connectivity index is 2.06. The molecule has 94 valence electrons. The molecule has 4 heteroatoms. The summed E-state index contributed by atoms with van der Waals surface area (Å²) in [5.41, 5.74) is 0. The first-order valence-corrected chi connectivity index (χ1v) is 6.23. The smallest absolute Gasteiger partial charge is 0.303 e. The maximum absolute atomic E-state index is 10.3. The zero-order valence-electron chi connectivity index (χ0n) is 10.4. The van der Waals surface area contributed by atoms with Gasteiger partial charge in [-0.05, 0) is 45.3 Å². The van der Waals surface area contributed by atoms with Crippen molar-refractivity contribution in [1.82, 2.24) is 10.2 Å². The fourth-order valence-electron chi connectivity index (χ4n) is 2.35. The van der Waals surface area contributed by atoms with E-state index >= 15 is 0 Å². The van der Waals surface area contributed by atoms with E-state index in [1.807, 2.05) is 0 Å². The highest BCUT2D eigenvalue weighted by atomic mass is 16.4. The highest BCUT2D eigenvalue weighted by molar-refractivity contribution is 5.66. The molecule has 4 nitrogen and oxygen atoms in total. The first-order chi connectivity index (χ1) is 7.59. The molecule has 1 aliphatic rings. The van der Waals surface area contributed by atoms with Gasteiger partial charge in [0.2, 0.25) is 0 Å². The fraction of sp³-hybridized carbons (Fsp3) is 0.917. The molecule has 2 unspecified atom stereocenters. The average molecular weight is 228 g/mol. The van der Waals surface area contributed by atoms with Gasteiger partial charge >= 0.3 is 5.97 Å². The second-order valence-corrected chi connectivity index (χ2v) is 4.94. The molecular formula is C12H24N2O2. The van der Waals surface area contributed by atoms with Gasteiger partial charge < -0.3 is 15.3 Å². The highest BCUT2D eigenvalue weighted by Gasteiger charge is 2.22. The van der Waals surface area contributed by atoms with Gasteiger partial charge in [0.25, 0.3) is 0 Å². The van der Waals surface area contributed by atoms with Crippen molar-refractivity contribution >= 4 is 5.97 Å². The molecule has 0 radical (unpaired) electrons. The van der Waals surface area contributed by atoms with Crippen LogP contribution in [0.3, 0.4) is 0 Å². The van der Waals surface area contributed by atoms with E-state index in [4.69, 9.17) is 5.11 Å². The SMILES string of the molecule is CC1CN(C)CCC1NCCCCC(=O)O. The van der Waals surface area contributed by atoms with Crippen molar-refractivity contribution in [2.45, 2.75) is 38.6 Å². The Labute approximate surface area is 98.0 Å². The summed E-state index contributed by atoms with van der Waals surface area (Å²) >= 11 is 0. The summed E-state index contributed by atoms with van der Waals surface area (Å²) < 4.78 is 0. The van der Waals surface area contributed by atoms with E-state index in [0.29, 0.717) is 18.4 Å². The first-order valence-electron chi connectivity index (χ1n) is 6.23. The second kappa shape index (κ2) is 6.86. The first kappa shape index (κ1) is 13.5. The van der Waals surface area contributed by atoms with Crippen LogP contribution in [-0.4, -0.2) is 48.7 Å². The summed E-state index contributed by atoms with van der Waals surface area (Å²) in [4.78, 5) is 12.7. The normalized spacial score (nSPS) is 26.9. The number of piperidine rings is 1. The minimum atomic E-state index is -0.687. The number of rotatable bonds is 6. The van der Waals surface area contributed by atoms with Gasteiger partial charge in [-0.3, -0.25) is 4.79 Å². The highest BCUT2D eigenvalue weighted by Crippen LogP contribution is 2.15. The predicted molar refractivity (Wildman–Crippen MR) is 64.6 cm³/mol. The predicted octanol–water partition coefficient (Wildman–Crippen LogP) is 1.17. The van der Waals surface area contributed by atoms with Crippen molar-refractivity contribution in [3.8, 4) is 0 Å².